The maximum absolute atomic E-state index is 11.3. The normalized spacial score (nSPS) is 9.40. The number of alkyl halides is 1. The van der Waals surface area contributed by atoms with E-state index in [-0.39, 0.29) is 5.91 Å². The minimum Gasteiger partial charge on any atom is -0.326 e. The van der Waals surface area contributed by atoms with Gasteiger partial charge in [-0.25, -0.2) is 0 Å². The van der Waals surface area contributed by atoms with Crippen molar-refractivity contribution in [2.75, 3.05) is 10.6 Å². The fourth-order valence-electron chi connectivity index (χ4n) is 1.23. The van der Waals surface area contributed by atoms with E-state index in [1.54, 1.807) is 12.1 Å². The number of anilines is 1. The summed E-state index contributed by atoms with van der Waals surface area (Å²) in [6.45, 7) is 1.89. The van der Waals surface area contributed by atoms with E-state index in [4.69, 9.17) is 5.26 Å². The molecule has 0 aliphatic carbocycles. The van der Waals surface area contributed by atoms with Crippen LogP contribution >= 0.6 is 15.9 Å². The van der Waals surface area contributed by atoms with Gasteiger partial charge in [0.05, 0.1) is 11.6 Å². The Morgan fingerprint density at radius 2 is 2.27 bits per heavy atom. The van der Waals surface area contributed by atoms with Gasteiger partial charge in [-0.15, -0.1) is 0 Å². The number of nitrogens with one attached hydrogen (secondary N) is 1. The van der Waals surface area contributed by atoms with Gasteiger partial charge in [-0.3, -0.25) is 4.79 Å². The van der Waals surface area contributed by atoms with E-state index in [2.05, 4.69) is 27.3 Å². The molecule has 0 fully saturated rings. The lowest BCUT2D eigenvalue weighted by Crippen LogP contribution is -2.11. The van der Waals surface area contributed by atoms with Crippen molar-refractivity contribution in [3.05, 3.63) is 29.3 Å². The van der Waals surface area contributed by atoms with Crippen molar-refractivity contribution in [2.45, 2.75) is 13.3 Å². The lowest BCUT2D eigenvalue weighted by molar-refractivity contribution is -0.115. The summed E-state index contributed by atoms with van der Waals surface area (Å²) in [4.78, 5) is 11.3. The molecule has 0 radical (unpaired) electrons. The van der Waals surface area contributed by atoms with Gasteiger partial charge in [0.15, 0.2) is 0 Å². The number of rotatable bonds is 3. The molecular weight excluding hydrogens is 256 g/mol. The van der Waals surface area contributed by atoms with Crippen LogP contribution < -0.4 is 5.32 Å². The molecule has 0 saturated heterocycles. The maximum atomic E-state index is 11.3. The van der Waals surface area contributed by atoms with Gasteiger partial charge in [-0.1, -0.05) is 15.9 Å². The molecule has 4 heteroatoms. The van der Waals surface area contributed by atoms with E-state index in [1.165, 1.54) is 0 Å². The monoisotopic (exact) mass is 266 g/mol. The summed E-state index contributed by atoms with van der Waals surface area (Å²) < 4.78 is 0. The molecule has 1 aromatic carbocycles. The SMILES string of the molecule is Cc1cc(C#N)cc(NC(=O)CCBr)c1. The molecule has 0 unspecified atom stereocenters. The molecule has 1 amide bonds. The third-order valence-corrected chi connectivity index (χ3v) is 2.21. The molecule has 15 heavy (non-hydrogen) atoms. The highest BCUT2D eigenvalue weighted by Gasteiger charge is 2.02. The quantitative estimate of drug-likeness (QED) is 0.856. The van der Waals surface area contributed by atoms with Gasteiger partial charge in [-0.2, -0.15) is 5.26 Å². The van der Waals surface area contributed by atoms with Crippen LogP contribution in [-0.4, -0.2) is 11.2 Å². The molecule has 0 atom stereocenters. The van der Waals surface area contributed by atoms with Gasteiger partial charge in [0, 0.05) is 17.4 Å². The number of aryl methyl sites for hydroxylation is 1. The first-order valence-corrected chi connectivity index (χ1v) is 5.65. The van der Waals surface area contributed by atoms with Crippen LogP contribution in [0.4, 0.5) is 5.69 Å². The average Bonchev–Trinajstić information content (AvgIpc) is 2.17. The van der Waals surface area contributed by atoms with Gasteiger partial charge >= 0.3 is 0 Å². The number of amides is 1. The van der Waals surface area contributed by atoms with Crippen LogP contribution in [0, 0.1) is 18.3 Å². The number of halogens is 1. The van der Waals surface area contributed by atoms with Crippen molar-refractivity contribution in [3.63, 3.8) is 0 Å². The number of benzene rings is 1. The predicted octanol–water partition coefficient (Wildman–Crippen LogP) is 2.59. The van der Waals surface area contributed by atoms with Crippen LogP contribution in [-0.2, 0) is 4.79 Å². The molecule has 1 aromatic rings. The van der Waals surface area contributed by atoms with Crippen LogP contribution in [0.15, 0.2) is 18.2 Å². The molecule has 0 aliphatic rings. The summed E-state index contributed by atoms with van der Waals surface area (Å²) >= 11 is 3.19. The van der Waals surface area contributed by atoms with Gasteiger partial charge < -0.3 is 5.32 Å². The summed E-state index contributed by atoms with van der Waals surface area (Å²) in [6, 6.07) is 7.34. The zero-order valence-electron chi connectivity index (χ0n) is 8.38. The van der Waals surface area contributed by atoms with Crippen LogP contribution in [0.1, 0.15) is 17.5 Å². The molecule has 0 bridgehead atoms. The van der Waals surface area contributed by atoms with E-state index in [0.717, 1.165) is 5.56 Å². The first kappa shape index (κ1) is 11.7. The second kappa shape index (κ2) is 5.52. The standard InChI is InChI=1S/C11H11BrN2O/c1-8-4-9(7-13)6-10(5-8)14-11(15)2-3-12/h4-6H,2-3H2,1H3,(H,14,15). The molecule has 0 saturated carbocycles. The highest BCUT2D eigenvalue weighted by Crippen LogP contribution is 2.14. The predicted molar refractivity (Wildman–Crippen MR) is 62.9 cm³/mol. The maximum Gasteiger partial charge on any atom is 0.225 e. The number of nitrogens with zero attached hydrogens (tertiary/aromatic N) is 1. The minimum atomic E-state index is -0.0543. The third kappa shape index (κ3) is 3.72. The van der Waals surface area contributed by atoms with Crippen LogP contribution in [0.2, 0.25) is 0 Å². The Hall–Kier alpha value is -1.34. The number of hydrogen-bond donors (Lipinski definition) is 1. The Balaban J connectivity index is 2.82. The Labute approximate surface area is 97.2 Å². The fourth-order valence-corrected chi connectivity index (χ4v) is 1.59. The topological polar surface area (TPSA) is 52.9 Å². The highest BCUT2D eigenvalue weighted by atomic mass is 79.9. The van der Waals surface area contributed by atoms with Gasteiger partial charge in [0.2, 0.25) is 5.91 Å². The van der Waals surface area contributed by atoms with Crippen molar-refractivity contribution in [1.82, 2.24) is 0 Å². The fraction of sp³-hybridized carbons (Fsp3) is 0.273. The van der Waals surface area contributed by atoms with Crippen molar-refractivity contribution >= 4 is 27.5 Å². The summed E-state index contributed by atoms with van der Waals surface area (Å²) in [7, 11) is 0. The molecular formula is C11H11BrN2O. The minimum absolute atomic E-state index is 0.0543. The zero-order valence-corrected chi connectivity index (χ0v) is 9.97. The second-order valence-corrected chi connectivity index (χ2v) is 3.98. The van der Waals surface area contributed by atoms with Crippen LogP contribution in [0.25, 0.3) is 0 Å². The number of hydrogen-bond acceptors (Lipinski definition) is 2. The average molecular weight is 267 g/mol. The summed E-state index contributed by atoms with van der Waals surface area (Å²) in [5.74, 6) is -0.0543. The van der Waals surface area contributed by atoms with E-state index in [1.807, 2.05) is 13.0 Å². The molecule has 1 N–H and O–H groups in total. The zero-order chi connectivity index (χ0) is 11.3. The van der Waals surface area contributed by atoms with Crippen molar-refractivity contribution in [1.29, 1.82) is 5.26 Å². The molecule has 78 valence electrons. The molecule has 0 heterocycles. The first-order valence-electron chi connectivity index (χ1n) is 4.53. The van der Waals surface area contributed by atoms with Gasteiger partial charge in [-0.05, 0) is 30.7 Å². The Morgan fingerprint density at radius 3 is 2.87 bits per heavy atom. The molecule has 0 spiro atoms. The Bertz CT molecular complexity index is 410. The molecule has 0 aromatic heterocycles. The molecule has 0 aliphatic heterocycles. The van der Waals surface area contributed by atoms with Gasteiger partial charge in [0.25, 0.3) is 0 Å². The summed E-state index contributed by atoms with van der Waals surface area (Å²) in [5, 5.41) is 12.1. The Morgan fingerprint density at radius 1 is 1.53 bits per heavy atom. The van der Waals surface area contributed by atoms with Crippen LogP contribution in [0.3, 0.4) is 0 Å². The van der Waals surface area contributed by atoms with E-state index in [9.17, 15) is 4.79 Å². The van der Waals surface area contributed by atoms with Crippen molar-refractivity contribution in [2.24, 2.45) is 0 Å². The number of carbonyl (C=O) groups is 1. The Kier molecular flexibility index (Phi) is 4.32. The van der Waals surface area contributed by atoms with Crippen LogP contribution in [0.5, 0.6) is 0 Å². The summed E-state index contributed by atoms with van der Waals surface area (Å²) in [6.07, 6.45) is 0.426. The molecule has 1 rings (SSSR count). The summed E-state index contributed by atoms with van der Waals surface area (Å²) in [5.41, 5.74) is 2.20. The van der Waals surface area contributed by atoms with Crippen molar-refractivity contribution in [3.8, 4) is 6.07 Å². The van der Waals surface area contributed by atoms with E-state index in [0.29, 0.717) is 23.0 Å². The second-order valence-electron chi connectivity index (χ2n) is 3.19. The largest absolute Gasteiger partial charge is 0.326 e. The van der Waals surface area contributed by atoms with E-state index >= 15 is 0 Å². The third-order valence-electron chi connectivity index (χ3n) is 1.81. The number of nitriles is 1. The first-order chi connectivity index (χ1) is 7.15. The lowest BCUT2D eigenvalue weighted by atomic mass is 10.1. The molecule has 3 nitrogen and oxygen atoms in total. The lowest BCUT2D eigenvalue weighted by Gasteiger charge is -2.05. The number of carbonyl (C=O) groups excluding carboxylic acids is 1. The van der Waals surface area contributed by atoms with Gasteiger partial charge in [0.1, 0.15) is 0 Å². The van der Waals surface area contributed by atoms with E-state index < -0.39 is 0 Å². The smallest absolute Gasteiger partial charge is 0.225 e. The highest BCUT2D eigenvalue weighted by molar-refractivity contribution is 9.09. The van der Waals surface area contributed by atoms with Crippen molar-refractivity contribution < 1.29 is 4.79 Å².